The summed E-state index contributed by atoms with van der Waals surface area (Å²) in [6, 6.07) is 20.4. The first kappa shape index (κ1) is 25.4. The van der Waals surface area contributed by atoms with E-state index in [0.717, 1.165) is 11.8 Å². The number of nitrogens with zero attached hydrogens (tertiary/aromatic N) is 2. The Kier molecular flexibility index (Phi) is 7.95. The summed E-state index contributed by atoms with van der Waals surface area (Å²) in [5.41, 5.74) is 1.23. The van der Waals surface area contributed by atoms with Crippen LogP contribution in [0.15, 0.2) is 77.3 Å². The second-order valence-corrected chi connectivity index (χ2v) is 10.3. The zero-order chi connectivity index (χ0) is 25.1. The molecule has 0 bridgehead atoms. The lowest BCUT2D eigenvalue weighted by Crippen LogP contribution is -2.31. The fourth-order valence-corrected chi connectivity index (χ4v) is 5.50. The van der Waals surface area contributed by atoms with Gasteiger partial charge >= 0.3 is 0 Å². The molecule has 1 aliphatic heterocycles. The van der Waals surface area contributed by atoms with Crippen molar-refractivity contribution >= 4 is 81.4 Å². The summed E-state index contributed by atoms with van der Waals surface area (Å²) in [6.07, 6.45) is 0.260. The molecule has 35 heavy (non-hydrogen) atoms. The van der Waals surface area contributed by atoms with E-state index in [1.807, 2.05) is 12.1 Å². The number of nitriles is 1. The summed E-state index contributed by atoms with van der Waals surface area (Å²) in [6.45, 7) is 0. The molecule has 4 rings (SSSR count). The molecule has 2 amide bonds. The molecule has 1 atom stereocenters. The van der Waals surface area contributed by atoms with E-state index in [4.69, 9.17) is 46.4 Å². The summed E-state index contributed by atoms with van der Waals surface area (Å²) in [7, 11) is 0. The van der Waals surface area contributed by atoms with Crippen molar-refractivity contribution in [2.24, 2.45) is 0 Å². The Morgan fingerprint density at radius 3 is 2.31 bits per heavy atom. The number of thioether (sulfide) groups is 1. The van der Waals surface area contributed by atoms with Crippen LogP contribution in [-0.4, -0.2) is 17.1 Å². The van der Waals surface area contributed by atoms with Crippen molar-refractivity contribution in [3.05, 3.63) is 103 Å². The Morgan fingerprint density at radius 1 is 0.971 bits per heavy atom. The third-order valence-corrected chi connectivity index (χ3v) is 7.54. The molecule has 1 unspecified atom stereocenters. The first-order valence-corrected chi connectivity index (χ1v) is 12.6. The number of nitrogens with one attached hydrogen (secondary N) is 1. The van der Waals surface area contributed by atoms with Gasteiger partial charge in [-0.1, -0.05) is 76.4 Å². The highest BCUT2D eigenvalue weighted by atomic mass is 35.5. The Hall–Kier alpha value is -2.66. The van der Waals surface area contributed by atoms with E-state index in [0.29, 0.717) is 26.3 Å². The molecule has 1 fully saturated rings. The van der Waals surface area contributed by atoms with Gasteiger partial charge in [0.1, 0.15) is 16.7 Å². The molecule has 1 N–H and O–H groups in total. The predicted octanol–water partition coefficient (Wildman–Crippen LogP) is 7.37. The minimum absolute atomic E-state index is 0.211. The van der Waals surface area contributed by atoms with Gasteiger partial charge in [-0.05, 0) is 60.5 Å². The smallest absolute Gasteiger partial charge is 0.269 e. The number of carbonyl (C=O) groups is 2. The number of halogens is 4. The van der Waals surface area contributed by atoms with Crippen molar-refractivity contribution in [2.75, 3.05) is 10.2 Å². The van der Waals surface area contributed by atoms with Gasteiger partial charge in [0.25, 0.3) is 5.91 Å². The Bertz CT molecular complexity index is 1390. The molecule has 0 aromatic heterocycles. The van der Waals surface area contributed by atoms with Crippen LogP contribution in [0.3, 0.4) is 0 Å². The van der Waals surface area contributed by atoms with Crippen molar-refractivity contribution in [1.29, 1.82) is 5.26 Å². The SMILES string of the molecule is N#CC(C(=O)Nc1cc(Cl)ccc1Cl)=C1SC(Cc2cc(Cl)ccc2Cl)C(=O)N1c1ccccc1. The molecule has 3 aromatic rings. The van der Waals surface area contributed by atoms with Crippen molar-refractivity contribution in [3.8, 4) is 6.07 Å². The van der Waals surface area contributed by atoms with Gasteiger partial charge in [0, 0.05) is 20.8 Å². The molecule has 1 saturated heterocycles. The van der Waals surface area contributed by atoms with Gasteiger partial charge in [-0.25, -0.2) is 0 Å². The standard InChI is InChI=1S/C25H15Cl4N3O2S/c26-15-6-8-19(28)14(10-15)11-22-24(34)32(17-4-2-1-3-5-17)25(35-22)18(13-30)23(33)31-21-12-16(27)7-9-20(21)29/h1-10,12,22H,11H2,(H,31,33). The highest BCUT2D eigenvalue weighted by Gasteiger charge is 2.41. The molecule has 176 valence electrons. The maximum atomic E-state index is 13.5. The molecule has 0 radical (unpaired) electrons. The van der Waals surface area contributed by atoms with Crippen LogP contribution in [0.2, 0.25) is 20.1 Å². The van der Waals surface area contributed by atoms with E-state index in [1.54, 1.807) is 48.5 Å². The number of rotatable bonds is 5. The molecule has 0 saturated carbocycles. The molecule has 5 nitrogen and oxygen atoms in total. The molecular weight excluding hydrogens is 548 g/mol. The van der Waals surface area contributed by atoms with Crippen LogP contribution < -0.4 is 10.2 Å². The van der Waals surface area contributed by atoms with Crippen LogP contribution in [0.5, 0.6) is 0 Å². The number of hydrogen-bond donors (Lipinski definition) is 1. The third-order valence-electron chi connectivity index (χ3n) is 5.11. The van der Waals surface area contributed by atoms with Crippen LogP contribution in [-0.2, 0) is 16.0 Å². The summed E-state index contributed by atoms with van der Waals surface area (Å²) >= 11 is 25.8. The van der Waals surface area contributed by atoms with Crippen molar-refractivity contribution in [2.45, 2.75) is 11.7 Å². The largest absolute Gasteiger partial charge is 0.320 e. The highest BCUT2D eigenvalue weighted by molar-refractivity contribution is 8.05. The van der Waals surface area contributed by atoms with Gasteiger partial charge in [-0.3, -0.25) is 14.5 Å². The number of para-hydroxylation sites is 1. The fraction of sp³-hybridized carbons (Fsp3) is 0.0800. The van der Waals surface area contributed by atoms with Crippen LogP contribution in [0.25, 0.3) is 0 Å². The van der Waals surface area contributed by atoms with E-state index >= 15 is 0 Å². The van der Waals surface area contributed by atoms with Crippen LogP contribution in [0.1, 0.15) is 5.56 Å². The van der Waals surface area contributed by atoms with Crippen molar-refractivity contribution in [3.63, 3.8) is 0 Å². The van der Waals surface area contributed by atoms with Gasteiger partial charge in [0.05, 0.1) is 16.0 Å². The first-order chi connectivity index (χ1) is 16.8. The second-order valence-electron chi connectivity index (χ2n) is 7.43. The Balaban J connectivity index is 1.74. The minimum atomic E-state index is -0.714. The number of amides is 2. The van der Waals surface area contributed by atoms with Gasteiger partial charge in [-0.2, -0.15) is 5.26 Å². The zero-order valence-corrected chi connectivity index (χ0v) is 21.6. The minimum Gasteiger partial charge on any atom is -0.320 e. The van der Waals surface area contributed by atoms with Gasteiger partial charge in [0.2, 0.25) is 5.91 Å². The lowest BCUT2D eigenvalue weighted by molar-refractivity contribution is -0.117. The summed E-state index contributed by atoms with van der Waals surface area (Å²) < 4.78 is 0. The second kappa shape index (κ2) is 10.9. The molecule has 0 aliphatic carbocycles. The summed E-state index contributed by atoms with van der Waals surface area (Å²) in [5, 5.41) is 13.7. The number of anilines is 2. The van der Waals surface area contributed by atoms with Crippen LogP contribution in [0, 0.1) is 11.3 Å². The highest BCUT2D eigenvalue weighted by Crippen LogP contribution is 2.42. The van der Waals surface area contributed by atoms with E-state index in [-0.39, 0.29) is 33.6 Å². The van der Waals surface area contributed by atoms with Gasteiger partial charge in [-0.15, -0.1) is 0 Å². The maximum Gasteiger partial charge on any atom is 0.269 e. The van der Waals surface area contributed by atoms with Crippen LogP contribution >= 0.6 is 58.2 Å². The molecule has 10 heteroatoms. The number of hydrogen-bond acceptors (Lipinski definition) is 4. The molecular formula is C25H15Cl4N3O2S. The van der Waals surface area contributed by atoms with E-state index in [1.165, 1.54) is 17.0 Å². The van der Waals surface area contributed by atoms with Gasteiger partial charge in [0.15, 0.2) is 0 Å². The summed E-state index contributed by atoms with van der Waals surface area (Å²) in [4.78, 5) is 28.1. The number of benzene rings is 3. The monoisotopic (exact) mass is 561 g/mol. The van der Waals surface area contributed by atoms with Crippen molar-refractivity contribution in [1.82, 2.24) is 0 Å². The normalized spacial score (nSPS) is 16.7. The Morgan fingerprint density at radius 2 is 1.63 bits per heavy atom. The average Bonchev–Trinajstić information content (AvgIpc) is 3.15. The molecule has 1 aliphatic rings. The Labute approximate surface area is 226 Å². The predicted molar refractivity (Wildman–Crippen MR) is 143 cm³/mol. The van der Waals surface area contributed by atoms with Gasteiger partial charge < -0.3 is 5.32 Å². The third kappa shape index (κ3) is 5.61. The molecule has 3 aromatic carbocycles. The average molecular weight is 563 g/mol. The number of carbonyl (C=O) groups excluding carboxylic acids is 2. The van der Waals surface area contributed by atoms with E-state index in [2.05, 4.69) is 5.32 Å². The lowest BCUT2D eigenvalue weighted by Gasteiger charge is -2.18. The first-order valence-electron chi connectivity index (χ1n) is 10.2. The topological polar surface area (TPSA) is 73.2 Å². The quantitative estimate of drug-likeness (QED) is 0.260. The van der Waals surface area contributed by atoms with E-state index in [9.17, 15) is 14.9 Å². The van der Waals surface area contributed by atoms with Crippen molar-refractivity contribution < 1.29 is 9.59 Å². The molecule has 0 spiro atoms. The van der Waals surface area contributed by atoms with E-state index < -0.39 is 11.2 Å². The van der Waals surface area contributed by atoms with Crippen LogP contribution in [0.4, 0.5) is 11.4 Å². The maximum absolute atomic E-state index is 13.5. The lowest BCUT2D eigenvalue weighted by atomic mass is 10.1. The summed E-state index contributed by atoms with van der Waals surface area (Å²) in [5.74, 6) is -0.997. The molecule has 1 heterocycles. The zero-order valence-electron chi connectivity index (χ0n) is 17.8. The fourth-order valence-electron chi connectivity index (χ4n) is 3.48.